The van der Waals surface area contributed by atoms with Crippen molar-refractivity contribution in [3.8, 4) is 0 Å². The highest BCUT2D eigenvalue weighted by Crippen LogP contribution is 2.27. The third-order valence-electron chi connectivity index (χ3n) is 4.13. The van der Waals surface area contributed by atoms with Gasteiger partial charge >= 0.3 is 0 Å². The summed E-state index contributed by atoms with van der Waals surface area (Å²) in [5.74, 6) is 0.344. The molecule has 0 saturated carbocycles. The van der Waals surface area contributed by atoms with Gasteiger partial charge in [0.25, 0.3) is 0 Å². The average Bonchev–Trinajstić information content (AvgIpc) is 2.53. The number of hydrogen-bond donors (Lipinski definition) is 1. The number of fused-ring (bicyclic) bond motifs is 1. The lowest BCUT2D eigenvalue weighted by Crippen LogP contribution is -2.26. The summed E-state index contributed by atoms with van der Waals surface area (Å²) in [6, 6.07) is 25.9. The Kier molecular flexibility index (Phi) is 4.03. The van der Waals surface area contributed by atoms with Crippen LogP contribution in [-0.2, 0) is 6.42 Å². The summed E-state index contributed by atoms with van der Waals surface area (Å²) in [5.41, 5.74) is 8.93. The van der Waals surface area contributed by atoms with Gasteiger partial charge in [0.05, 0.1) is 0 Å². The lowest BCUT2D eigenvalue weighted by atomic mass is 9.86. The lowest BCUT2D eigenvalue weighted by Gasteiger charge is -2.22. The van der Waals surface area contributed by atoms with Crippen LogP contribution in [0.3, 0.4) is 0 Å². The fourth-order valence-electron chi connectivity index (χ4n) is 2.91. The van der Waals surface area contributed by atoms with Gasteiger partial charge in [0.2, 0.25) is 0 Å². The van der Waals surface area contributed by atoms with E-state index in [0.717, 1.165) is 6.42 Å². The Morgan fingerprint density at radius 1 is 0.810 bits per heavy atom. The van der Waals surface area contributed by atoms with Gasteiger partial charge in [-0.25, -0.2) is 0 Å². The summed E-state index contributed by atoms with van der Waals surface area (Å²) >= 11 is 0. The molecule has 3 aromatic rings. The van der Waals surface area contributed by atoms with Crippen molar-refractivity contribution in [1.29, 1.82) is 0 Å². The summed E-state index contributed by atoms with van der Waals surface area (Å²) < 4.78 is 0. The molecule has 3 rings (SSSR count). The fraction of sp³-hybridized carbons (Fsp3) is 0.200. The zero-order valence-electron chi connectivity index (χ0n) is 12.4. The molecule has 3 aromatic carbocycles. The van der Waals surface area contributed by atoms with E-state index in [1.165, 1.54) is 21.9 Å². The Balaban J connectivity index is 1.95. The Morgan fingerprint density at radius 3 is 2.19 bits per heavy atom. The highest BCUT2D eigenvalue weighted by Gasteiger charge is 2.17. The molecule has 0 radical (unpaired) electrons. The predicted octanol–water partition coefficient (Wildman–Crippen LogP) is 4.51. The molecule has 0 aliphatic carbocycles. The molecule has 0 spiro atoms. The van der Waals surface area contributed by atoms with Crippen molar-refractivity contribution in [3.63, 3.8) is 0 Å². The van der Waals surface area contributed by atoms with Gasteiger partial charge in [-0.15, -0.1) is 0 Å². The van der Waals surface area contributed by atoms with Gasteiger partial charge in [-0.05, 0) is 35.2 Å². The van der Waals surface area contributed by atoms with E-state index in [2.05, 4.69) is 79.7 Å². The minimum Gasteiger partial charge on any atom is -0.327 e. The second-order valence-electron chi connectivity index (χ2n) is 5.76. The average molecular weight is 275 g/mol. The molecule has 21 heavy (non-hydrogen) atoms. The molecular formula is C20H21N. The molecule has 1 heteroatoms. The number of rotatable bonds is 4. The fourth-order valence-corrected chi connectivity index (χ4v) is 2.91. The van der Waals surface area contributed by atoms with Crippen molar-refractivity contribution >= 4 is 10.8 Å². The summed E-state index contributed by atoms with van der Waals surface area (Å²) in [6.45, 7) is 2.10. The summed E-state index contributed by atoms with van der Waals surface area (Å²) in [5, 5.41) is 2.57. The van der Waals surface area contributed by atoms with E-state index in [9.17, 15) is 0 Å². The van der Waals surface area contributed by atoms with Crippen molar-refractivity contribution in [3.05, 3.63) is 83.9 Å². The topological polar surface area (TPSA) is 26.0 Å². The Morgan fingerprint density at radius 2 is 1.48 bits per heavy atom. The SMILES string of the molecule is CC(N)[C@H](Cc1ccccc1)c1ccc2ccccc2c1. The van der Waals surface area contributed by atoms with E-state index in [0.29, 0.717) is 5.92 Å². The quantitative estimate of drug-likeness (QED) is 0.744. The molecule has 0 aromatic heterocycles. The smallest absolute Gasteiger partial charge is 0.00825 e. The third-order valence-corrected chi connectivity index (χ3v) is 4.13. The minimum atomic E-state index is 0.131. The van der Waals surface area contributed by atoms with Crippen LogP contribution >= 0.6 is 0 Å². The van der Waals surface area contributed by atoms with E-state index in [-0.39, 0.29) is 6.04 Å². The van der Waals surface area contributed by atoms with Crippen LogP contribution in [-0.4, -0.2) is 6.04 Å². The number of hydrogen-bond acceptors (Lipinski definition) is 1. The van der Waals surface area contributed by atoms with Gasteiger partial charge in [0.1, 0.15) is 0 Å². The zero-order chi connectivity index (χ0) is 14.7. The molecule has 0 fully saturated rings. The first kappa shape index (κ1) is 13.8. The van der Waals surface area contributed by atoms with Gasteiger partial charge in [-0.1, -0.05) is 72.8 Å². The largest absolute Gasteiger partial charge is 0.327 e. The molecule has 0 saturated heterocycles. The van der Waals surface area contributed by atoms with E-state index >= 15 is 0 Å². The Bertz CT molecular complexity index is 716. The summed E-state index contributed by atoms with van der Waals surface area (Å²) in [4.78, 5) is 0. The van der Waals surface area contributed by atoms with Crippen LogP contribution in [0.2, 0.25) is 0 Å². The van der Waals surface area contributed by atoms with Crippen LogP contribution in [0.15, 0.2) is 72.8 Å². The molecule has 0 bridgehead atoms. The van der Waals surface area contributed by atoms with Crippen molar-refractivity contribution in [1.82, 2.24) is 0 Å². The zero-order valence-corrected chi connectivity index (χ0v) is 12.4. The standard InChI is InChI=1S/C20H21N/c1-15(21)20(13-16-7-3-2-4-8-16)19-12-11-17-9-5-6-10-18(17)14-19/h2-12,14-15,20H,13,21H2,1H3/t15?,20-/m0/s1. The Hall–Kier alpha value is -2.12. The maximum absolute atomic E-state index is 6.26. The maximum Gasteiger partial charge on any atom is 0.00825 e. The molecule has 1 unspecified atom stereocenters. The van der Waals surface area contributed by atoms with E-state index < -0.39 is 0 Å². The van der Waals surface area contributed by atoms with E-state index in [1.54, 1.807) is 0 Å². The summed E-state index contributed by atoms with van der Waals surface area (Å²) in [7, 11) is 0. The van der Waals surface area contributed by atoms with Crippen LogP contribution in [0.4, 0.5) is 0 Å². The second kappa shape index (κ2) is 6.11. The van der Waals surface area contributed by atoms with E-state index in [4.69, 9.17) is 5.73 Å². The number of nitrogens with two attached hydrogens (primary N) is 1. The molecule has 0 aliphatic rings. The molecule has 1 nitrogen and oxygen atoms in total. The normalized spacial score (nSPS) is 14.0. The molecule has 2 atom stereocenters. The minimum absolute atomic E-state index is 0.131. The molecule has 0 aliphatic heterocycles. The van der Waals surface area contributed by atoms with Gasteiger partial charge in [0, 0.05) is 12.0 Å². The molecule has 0 amide bonds. The van der Waals surface area contributed by atoms with Crippen molar-refractivity contribution in [2.24, 2.45) is 5.73 Å². The van der Waals surface area contributed by atoms with Crippen LogP contribution < -0.4 is 5.73 Å². The van der Waals surface area contributed by atoms with Crippen LogP contribution in [0, 0.1) is 0 Å². The van der Waals surface area contributed by atoms with Crippen LogP contribution in [0.25, 0.3) is 10.8 Å². The lowest BCUT2D eigenvalue weighted by molar-refractivity contribution is 0.565. The van der Waals surface area contributed by atoms with Gasteiger partial charge in [0.15, 0.2) is 0 Å². The van der Waals surface area contributed by atoms with Crippen LogP contribution in [0.5, 0.6) is 0 Å². The monoisotopic (exact) mass is 275 g/mol. The molecule has 0 heterocycles. The van der Waals surface area contributed by atoms with Crippen LogP contribution in [0.1, 0.15) is 24.0 Å². The second-order valence-corrected chi connectivity index (χ2v) is 5.76. The van der Waals surface area contributed by atoms with Gasteiger partial charge in [-0.2, -0.15) is 0 Å². The molecular weight excluding hydrogens is 254 g/mol. The first-order chi connectivity index (χ1) is 10.2. The van der Waals surface area contributed by atoms with E-state index in [1.807, 2.05) is 0 Å². The van der Waals surface area contributed by atoms with Crippen molar-refractivity contribution in [2.45, 2.75) is 25.3 Å². The first-order valence-corrected chi connectivity index (χ1v) is 7.52. The first-order valence-electron chi connectivity index (χ1n) is 7.52. The third kappa shape index (κ3) is 3.14. The molecule has 2 N–H and O–H groups in total. The number of benzene rings is 3. The van der Waals surface area contributed by atoms with Gasteiger partial charge < -0.3 is 5.73 Å². The highest BCUT2D eigenvalue weighted by molar-refractivity contribution is 5.83. The Labute approximate surface area is 126 Å². The van der Waals surface area contributed by atoms with Gasteiger partial charge in [-0.3, -0.25) is 0 Å². The molecule has 106 valence electrons. The maximum atomic E-state index is 6.26. The van der Waals surface area contributed by atoms with Crippen molar-refractivity contribution in [2.75, 3.05) is 0 Å². The summed E-state index contributed by atoms with van der Waals surface area (Å²) in [6.07, 6.45) is 0.983. The highest BCUT2D eigenvalue weighted by atomic mass is 14.6. The predicted molar refractivity (Wildman–Crippen MR) is 90.5 cm³/mol. The van der Waals surface area contributed by atoms with Crippen molar-refractivity contribution < 1.29 is 0 Å².